The van der Waals surface area contributed by atoms with Crippen LogP contribution in [-0.2, 0) is 6.42 Å². The summed E-state index contributed by atoms with van der Waals surface area (Å²) in [5.74, 6) is -0.0831. The number of carbonyl (C=O) groups excluding carboxylic acids is 1. The minimum Gasteiger partial charge on any atom is -0.384 e. The largest absolute Gasteiger partial charge is 0.384 e. The standard InChI is InChI=1S/C17H16ClNO2/c1-10-2-5-13(15(18)8-10)16(20)12-4-3-11-6-7-19-17(21)14(11)9-12/h2-5,8-9,16,20H,6-7H2,1H3,(H,19,21). The number of halogens is 1. The molecule has 0 saturated carbocycles. The Hall–Kier alpha value is -1.84. The number of hydrogen-bond acceptors (Lipinski definition) is 2. The van der Waals surface area contributed by atoms with Crippen LogP contribution in [0.2, 0.25) is 5.02 Å². The summed E-state index contributed by atoms with van der Waals surface area (Å²) in [4.78, 5) is 11.9. The summed E-state index contributed by atoms with van der Waals surface area (Å²) < 4.78 is 0. The Bertz CT molecular complexity index is 712. The maximum absolute atomic E-state index is 11.9. The van der Waals surface area contributed by atoms with Crippen LogP contribution >= 0.6 is 11.6 Å². The van der Waals surface area contributed by atoms with Crippen molar-refractivity contribution in [3.63, 3.8) is 0 Å². The molecule has 3 nitrogen and oxygen atoms in total. The molecule has 108 valence electrons. The minimum atomic E-state index is -0.835. The highest BCUT2D eigenvalue weighted by atomic mass is 35.5. The average molecular weight is 302 g/mol. The Morgan fingerprint density at radius 1 is 1.24 bits per heavy atom. The van der Waals surface area contributed by atoms with Crippen molar-refractivity contribution in [1.29, 1.82) is 0 Å². The van der Waals surface area contributed by atoms with Gasteiger partial charge in [0.2, 0.25) is 0 Å². The predicted octanol–water partition coefficient (Wildman–Crippen LogP) is 3.02. The molecule has 1 aliphatic rings. The van der Waals surface area contributed by atoms with Gasteiger partial charge < -0.3 is 10.4 Å². The third kappa shape index (κ3) is 2.67. The van der Waals surface area contributed by atoms with Crippen molar-refractivity contribution in [1.82, 2.24) is 5.32 Å². The Balaban J connectivity index is 2.00. The van der Waals surface area contributed by atoms with Gasteiger partial charge in [-0.05, 0) is 42.2 Å². The van der Waals surface area contributed by atoms with E-state index in [2.05, 4.69) is 5.32 Å². The third-order valence-electron chi connectivity index (χ3n) is 3.82. The minimum absolute atomic E-state index is 0.0831. The van der Waals surface area contributed by atoms with Crippen molar-refractivity contribution >= 4 is 17.5 Å². The number of rotatable bonds is 2. The normalized spacial score (nSPS) is 15.3. The zero-order valence-electron chi connectivity index (χ0n) is 11.7. The van der Waals surface area contributed by atoms with E-state index in [1.165, 1.54) is 0 Å². The molecule has 2 aromatic rings. The first kappa shape index (κ1) is 14.1. The molecule has 0 spiro atoms. The number of aryl methyl sites for hydroxylation is 1. The maximum Gasteiger partial charge on any atom is 0.251 e. The zero-order valence-corrected chi connectivity index (χ0v) is 12.4. The fourth-order valence-corrected chi connectivity index (χ4v) is 2.97. The number of hydrogen-bond donors (Lipinski definition) is 2. The van der Waals surface area contributed by atoms with E-state index in [0.717, 1.165) is 17.5 Å². The fraction of sp³-hybridized carbons (Fsp3) is 0.235. The lowest BCUT2D eigenvalue weighted by atomic mass is 9.93. The van der Waals surface area contributed by atoms with Gasteiger partial charge in [0.25, 0.3) is 5.91 Å². The molecule has 21 heavy (non-hydrogen) atoms. The molecule has 2 aromatic carbocycles. The SMILES string of the molecule is Cc1ccc(C(O)c2ccc3c(c2)C(=O)NCC3)c(Cl)c1. The van der Waals surface area contributed by atoms with Crippen molar-refractivity contribution in [2.75, 3.05) is 6.54 Å². The molecule has 1 amide bonds. The molecule has 1 aliphatic heterocycles. The zero-order chi connectivity index (χ0) is 15.0. The van der Waals surface area contributed by atoms with Crippen LogP contribution in [0.15, 0.2) is 36.4 Å². The Morgan fingerprint density at radius 2 is 2.05 bits per heavy atom. The Morgan fingerprint density at radius 3 is 2.81 bits per heavy atom. The van der Waals surface area contributed by atoms with Crippen molar-refractivity contribution in [3.05, 3.63) is 69.2 Å². The van der Waals surface area contributed by atoms with Crippen molar-refractivity contribution < 1.29 is 9.90 Å². The number of aliphatic hydroxyl groups excluding tert-OH is 1. The first-order valence-electron chi connectivity index (χ1n) is 6.91. The second-order valence-corrected chi connectivity index (χ2v) is 5.76. The summed E-state index contributed by atoms with van der Waals surface area (Å²) in [6.07, 6.45) is -0.0129. The van der Waals surface area contributed by atoms with E-state index in [-0.39, 0.29) is 5.91 Å². The van der Waals surface area contributed by atoms with E-state index in [4.69, 9.17) is 11.6 Å². The van der Waals surface area contributed by atoms with Gasteiger partial charge in [-0.1, -0.05) is 35.9 Å². The van der Waals surface area contributed by atoms with E-state index in [1.807, 2.05) is 37.3 Å². The molecule has 0 saturated heterocycles. The van der Waals surface area contributed by atoms with Gasteiger partial charge in [-0.25, -0.2) is 0 Å². The topological polar surface area (TPSA) is 49.3 Å². The van der Waals surface area contributed by atoms with E-state index < -0.39 is 6.10 Å². The highest BCUT2D eigenvalue weighted by Crippen LogP contribution is 2.30. The van der Waals surface area contributed by atoms with Crippen LogP contribution in [-0.4, -0.2) is 17.6 Å². The van der Waals surface area contributed by atoms with E-state index in [1.54, 1.807) is 6.07 Å². The second kappa shape index (κ2) is 5.51. The quantitative estimate of drug-likeness (QED) is 0.896. The molecule has 1 atom stereocenters. The number of fused-ring (bicyclic) bond motifs is 1. The van der Waals surface area contributed by atoms with Gasteiger partial charge in [0.15, 0.2) is 0 Å². The molecule has 2 N–H and O–H groups in total. The van der Waals surface area contributed by atoms with E-state index >= 15 is 0 Å². The number of benzene rings is 2. The molecule has 3 rings (SSSR count). The van der Waals surface area contributed by atoms with E-state index in [0.29, 0.717) is 28.3 Å². The molecule has 0 aliphatic carbocycles. The lowest BCUT2D eigenvalue weighted by Crippen LogP contribution is -2.31. The summed E-state index contributed by atoms with van der Waals surface area (Å²) in [5.41, 5.74) is 4.03. The molecule has 4 heteroatoms. The highest BCUT2D eigenvalue weighted by molar-refractivity contribution is 6.31. The van der Waals surface area contributed by atoms with Crippen LogP contribution in [0.1, 0.15) is 38.7 Å². The molecule has 0 fully saturated rings. The van der Waals surface area contributed by atoms with Gasteiger partial charge in [0.05, 0.1) is 0 Å². The maximum atomic E-state index is 11.9. The number of aliphatic hydroxyl groups is 1. The number of carbonyl (C=O) groups is 1. The summed E-state index contributed by atoms with van der Waals surface area (Å²) >= 11 is 6.21. The molecule has 1 unspecified atom stereocenters. The average Bonchev–Trinajstić information content (AvgIpc) is 2.47. The Labute approximate surface area is 128 Å². The molecular formula is C17H16ClNO2. The van der Waals surface area contributed by atoms with Crippen LogP contribution in [0, 0.1) is 6.92 Å². The van der Waals surface area contributed by atoms with Gasteiger partial charge in [-0.3, -0.25) is 4.79 Å². The lowest BCUT2D eigenvalue weighted by Gasteiger charge is -2.19. The van der Waals surface area contributed by atoms with Crippen LogP contribution in [0.25, 0.3) is 0 Å². The first-order chi connectivity index (χ1) is 10.1. The van der Waals surface area contributed by atoms with Gasteiger partial charge in [0.1, 0.15) is 6.10 Å². The number of nitrogens with one attached hydrogen (secondary N) is 1. The van der Waals surface area contributed by atoms with Crippen LogP contribution < -0.4 is 5.32 Å². The smallest absolute Gasteiger partial charge is 0.251 e. The number of amides is 1. The monoisotopic (exact) mass is 301 g/mol. The van der Waals surface area contributed by atoms with Gasteiger partial charge >= 0.3 is 0 Å². The summed E-state index contributed by atoms with van der Waals surface area (Å²) in [7, 11) is 0. The lowest BCUT2D eigenvalue weighted by molar-refractivity contribution is 0.0945. The first-order valence-corrected chi connectivity index (χ1v) is 7.29. The summed E-state index contributed by atoms with van der Waals surface area (Å²) in [6, 6.07) is 11.1. The fourth-order valence-electron chi connectivity index (χ4n) is 2.63. The summed E-state index contributed by atoms with van der Waals surface area (Å²) in [6.45, 7) is 2.61. The third-order valence-corrected chi connectivity index (χ3v) is 4.15. The molecule has 0 radical (unpaired) electrons. The second-order valence-electron chi connectivity index (χ2n) is 5.35. The van der Waals surface area contributed by atoms with Gasteiger partial charge in [0, 0.05) is 22.7 Å². The van der Waals surface area contributed by atoms with Gasteiger partial charge in [-0.2, -0.15) is 0 Å². The van der Waals surface area contributed by atoms with Crippen molar-refractivity contribution in [2.24, 2.45) is 0 Å². The molecular weight excluding hydrogens is 286 g/mol. The van der Waals surface area contributed by atoms with Crippen molar-refractivity contribution in [2.45, 2.75) is 19.4 Å². The van der Waals surface area contributed by atoms with Crippen LogP contribution in [0.3, 0.4) is 0 Å². The Kier molecular flexibility index (Phi) is 3.70. The molecule has 1 heterocycles. The van der Waals surface area contributed by atoms with Gasteiger partial charge in [-0.15, -0.1) is 0 Å². The van der Waals surface area contributed by atoms with E-state index in [9.17, 15) is 9.90 Å². The van der Waals surface area contributed by atoms with Crippen LogP contribution in [0.5, 0.6) is 0 Å². The molecule has 0 bridgehead atoms. The van der Waals surface area contributed by atoms with Crippen molar-refractivity contribution in [3.8, 4) is 0 Å². The molecule has 0 aromatic heterocycles. The van der Waals surface area contributed by atoms with Crippen LogP contribution in [0.4, 0.5) is 0 Å². The predicted molar refractivity (Wildman–Crippen MR) is 82.7 cm³/mol. The highest BCUT2D eigenvalue weighted by Gasteiger charge is 2.20. The summed E-state index contributed by atoms with van der Waals surface area (Å²) in [5, 5.41) is 13.9.